The zero-order valence-electron chi connectivity index (χ0n) is 6.94. The largest absolute Gasteiger partial charge is 0.392 e. The first kappa shape index (κ1) is 8.20. The van der Waals surface area contributed by atoms with Gasteiger partial charge in [0.1, 0.15) is 0 Å². The van der Waals surface area contributed by atoms with Crippen LogP contribution in [0.1, 0.15) is 37.2 Å². The van der Waals surface area contributed by atoms with Gasteiger partial charge in [0, 0.05) is 17.5 Å². The van der Waals surface area contributed by atoms with Crippen LogP contribution in [0.5, 0.6) is 0 Å². The zero-order valence-corrected chi connectivity index (χ0v) is 7.76. The maximum Gasteiger partial charge on any atom is 0.0609 e. The van der Waals surface area contributed by atoms with Crippen molar-refractivity contribution >= 4 is 11.5 Å². The van der Waals surface area contributed by atoms with E-state index in [0.29, 0.717) is 5.92 Å². The summed E-state index contributed by atoms with van der Waals surface area (Å²) in [5, 5.41) is 11.8. The summed E-state index contributed by atoms with van der Waals surface area (Å²) in [6.45, 7) is 0. The SMILES string of the molecule is OC1CCCCC1c1cnsc1. The van der Waals surface area contributed by atoms with Crippen LogP contribution < -0.4 is 0 Å². The fourth-order valence-corrected chi connectivity index (χ4v) is 2.50. The van der Waals surface area contributed by atoms with E-state index in [4.69, 9.17) is 0 Å². The third-order valence-electron chi connectivity index (χ3n) is 2.61. The second kappa shape index (κ2) is 3.54. The molecule has 0 amide bonds. The van der Waals surface area contributed by atoms with Crippen LogP contribution in [0.2, 0.25) is 0 Å². The molecule has 0 spiro atoms. The van der Waals surface area contributed by atoms with Crippen molar-refractivity contribution in [3.63, 3.8) is 0 Å². The highest BCUT2D eigenvalue weighted by molar-refractivity contribution is 7.03. The summed E-state index contributed by atoms with van der Waals surface area (Å²) in [6, 6.07) is 0. The molecule has 1 heterocycles. The van der Waals surface area contributed by atoms with Gasteiger partial charge < -0.3 is 5.11 Å². The number of nitrogens with zero attached hydrogens (tertiary/aromatic N) is 1. The van der Waals surface area contributed by atoms with Crippen LogP contribution >= 0.6 is 11.5 Å². The van der Waals surface area contributed by atoms with Gasteiger partial charge in [-0.3, -0.25) is 0 Å². The fraction of sp³-hybridized carbons (Fsp3) is 0.667. The van der Waals surface area contributed by atoms with Crippen molar-refractivity contribution in [2.24, 2.45) is 0 Å². The van der Waals surface area contributed by atoms with Gasteiger partial charge in [0.15, 0.2) is 0 Å². The van der Waals surface area contributed by atoms with Crippen molar-refractivity contribution in [3.05, 3.63) is 17.1 Å². The fourth-order valence-electron chi connectivity index (χ4n) is 1.90. The maximum atomic E-state index is 9.72. The number of rotatable bonds is 1. The molecular weight excluding hydrogens is 170 g/mol. The normalized spacial score (nSPS) is 30.4. The number of hydrogen-bond acceptors (Lipinski definition) is 3. The van der Waals surface area contributed by atoms with Crippen molar-refractivity contribution in [1.82, 2.24) is 4.37 Å². The van der Waals surface area contributed by atoms with Gasteiger partial charge in [-0.15, -0.1) is 0 Å². The molecule has 0 aliphatic heterocycles. The van der Waals surface area contributed by atoms with Crippen LogP contribution in [0.4, 0.5) is 0 Å². The quantitative estimate of drug-likeness (QED) is 0.723. The zero-order chi connectivity index (χ0) is 8.39. The predicted octanol–water partition coefficient (Wildman–Crippen LogP) is 2.16. The molecule has 3 heteroatoms. The molecule has 0 bridgehead atoms. The van der Waals surface area contributed by atoms with Crippen LogP contribution in [-0.4, -0.2) is 15.6 Å². The highest BCUT2D eigenvalue weighted by atomic mass is 32.1. The minimum Gasteiger partial charge on any atom is -0.392 e. The summed E-state index contributed by atoms with van der Waals surface area (Å²) in [5.74, 6) is 0.359. The van der Waals surface area contributed by atoms with E-state index in [-0.39, 0.29) is 6.10 Å². The second-order valence-electron chi connectivity index (χ2n) is 3.42. The van der Waals surface area contributed by atoms with E-state index in [1.807, 2.05) is 6.20 Å². The molecule has 0 aromatic carbocycles. The molecule has 2 unspecified atom stereocenters. The van der Waals surface area contributed by atoms with E-state index in [2.05, 4.69) is 9.75 Å². The van der Waals surface area contributed by atoms with Crippen LogP contribution in [0, 0.1) is 0 Å². The van der Waals surface area contributed by atoms with Gasteiger partial charge in [0.2, 0.25) is 0 Å². The molecule has 2 rings (SSSR count). The summed E-state index contributed by atoms with van der Waals surface area (Å²) >= 11 is 1.47. The molecule has 0 saturated heterocycles. The van der Waals surface area contributed by atoms with E-state index in [1.54, 1.807) is 0 Å². The maximum absolute atomic E-state index is 9.72. The van der Waals surface area contributed by atoms with Crippen molar-refractivity contribution < 1.29 is 5.11 Å². The summed E-state index contributed by atoms with van der Waals surface area (Å²) in [4.78, 5) is 0. The van der Waals surface area contributed by atoms with E-state index < -0.39 is 0 Å². The standard InChI is InChI=1S/C9H13NOS/c11-9-4-2-1-3-8(9)7-5-10-12-6-7/h5-6,8-9,11H,1-4H2. The van der Waals surface area contributed by atoms with Crippen molar-refractivity contribution in [3.8, 4) is 0 Å². The highest BCUT2D eigenvalue weighted by Gasteiger charge is 2.24. The van der Waals surface area contributed by atoms with Gasteiger partial charge in [-0.2, -0.15) is 0 Å². The average molecular weight is 183 g/mol. The Bertz CT molecular complexity index is 235. The van der Waals surface area contributed by atoms with E-state index in [1.165, 1.54) is 29.9 Å². The van der Waals surface area contributed by atoms with Crippen LogP contribution in [0.3, 0.4) is 0 Å². The molecule has 2 atom stereocenters. The molecule has 12 heavy (non-hydrogen) atoms. The lowest BCUT2D eigenvalue weighted by atomic mass is 9.83. The molecule has 2 nitrogen and oxygen atoms in total. The van der Waals surface area contributed by atoms with E-state index in [9.17, 15) is 5.11 Å². The van der Waals surface area contributed by atoms with Gasteiger partial charge in [-0.05, 0) is 29.9 Å². The molecule has 1 aromatic heterocycles. The van der Waals surface area contributed by atoms with Crippen molar-refractivity contribution in [2.45, 2.75) is 37.7 Å². The van der Waals surface area contributed by atoms with E-state index in [0.717, 1.165) is 12.8 Å². The Labute approximate surface area is 76.4 Å². The lowest BCUT2D eigenvalue weighted by Gasteiger charge is -2.26. The molecule has 1 aromatic rings. The Morgan fingerprint density at radius 2 is 2.25 bits per heavy atom. The topological polar surface area (TPSA) is 33.1 Å². The number of aromatic nitrogens is 1. The Hall–Kier alpha value is -0.410. The Kier molecular flexibility index (Phi) is 2.42. The molecule has 0 radical (unpaired) electrons. The summed E-state index contributed by atoms with van der Waals surface area (Å²) in [5.41, 5.74) is 1.23. The van der Waals surface area contributed by atoms with Gasteiger partial charge >= 0.3 is 0 Å². The predicted molar refractivity (Wildman–Crippen MR) is 49.3 cm³/mol. The lowest BCUT2D eigenvalue weighted by molar-refractivity contribution is 0.106. The second-order valence-corrected chi connectivity index (χ2v) is 4.07. The molecule has 1 N–H and O–H groups in total. The van der Waals surface area contributed by atoms with E-state index >= 15 is 0 Å². The van der Waals surface area contributed by atoms with Crippen molar-refractivity contribution in [1.29, 1.82) is 0 Å². The first-order chi connectivity index (χ1) is 5.88. The monoisotopic (exact) mass is 183 g/mol. The first-order valence-electron chi connectivity index (χ1n) is 4.45. The molecular formula is C9H13NOS. The summed E-state index contributed by atoms with van der Waals surface area (Å²) in [6.07, 6.45) is 6.27. The number of aliphatic hydroxyl groups excluding tert-OH is 1. The third-order valence-corrected chi connectivity index (χ3v) is 3.21. The van der Waals surface area contributed by atoms with Crippen LogP contribution in [0.25, 0.3) is 0 Å². The molecule has 1 aliphatic rings. The highest BCUT2D eigenvalue weighted by Crippen LogP contribution is 2.33. The Morgan fingerprint density at radius 1 is 1.42 bits per heavy atom. The minimum absolute atomic E-state index is 0.129. The number of hydrogen-bond donors (Lipinski definition) is 1. The van der Waals surface area contributed by atoms with Gasteiger partial charge in [0.05, 0.1) is 6.10 Å². The van der Waals surface area contributed by atoms with Gasteiger partial charge in [-0.25, -0.2) is 4.37 Å². The molecule has 66 valence electrons. The molecule has 1 aliphatic carbocycles. The Balaban J connectivity index is 2.11. The smallest absolute Gasteiger partial charge is 0.0609 e. The minimum atomic E-state index is -0.129. The van der Waals surface area contributed by atoms with Crippen molar-refractivity contribution in [2.75, 3.05) is 0 Å². The van der Waals surface area contributed by atoms with Gasteiger partial charge in [0.25, 0.3) is 0 Å². The average Bonchev–Trinajstić information content (AvgIpc) is 2.57. The summed E-state index contributed by atoms with van der Waals surface area (Å²) < 4.78 is 4.06. The number of aliphatic hydroxyl groups is 1. The van der Waals surface area contributed by atoms with Crippen LogP contribution in [-0.2, 0) is 0 Å². The molecule has 1 saturated carbocycles. The Morgan fingerprint density at radius 3 is 2.92 bits per heavy atom. The van der Waals surface area contributed by atoms with Gasteiger partial charge in [-0.1, -0.05) is 12.8 Å². The first-order valence-corrected chi connectivity index (χ1v) is 5.29. The third kappa shape index (κ3) is 1.52. The summed E-state index contributed by atoms with van der Waals surface area (Å²) in [7, 11) is 0. The van der Waals surface area contributed by atoms with Crippen LogP contribution in [0.15, 0.2) is 11.6 Å². The lowest BCUT2D eigenvalue weighted by Crippen LogP contribution is -2.21. The molecule has 1 fully saturated rings.